The number of rotatable bonds is 6. The maximum absolute atomic E-state index is 13.1. The number of amides is 1. The number of carbonyl (C=O) groups excluding carboxylic acids is 1. The number of sulfonamides is 1. The van der Waals surface area contributed by atoms with Gasteiger partial charge in [0.1, 0.15) is 11.6 Å². The van der Waals surface area contributed by atoms with E-state index >= 15 is 0 Å². The van der Waals surface area contributed by atoms with Crippen LogP contribution >= 0.6 is 0 Å². The van der Waals surface area contributed by atoms with Crippen LogP contribution in [0.5, 0.6) is 11.6 Å². The molecule has 1 saturated heterocycles. The predicted molar refractivity (Wildman–Crippen MR) is 130 cm³/mol. The van der Waals surface area contributed by atoms with Gasteiger partial charge in [0, 0.05) is 24.3 Å². The summed E-state index contributed by atoms with van der Waals surface area (Å²) in [5.74, 6) is -0.586. The zero-order chi connectivity index (χ0) is 27.0. The van der Waals surface area contributed by atoms with E-state index in [2.05, 4.69) is 16.9 Å². The lowest BCUT2D eigenvalue weighted by atomic mass is 9.97. The SMILES string of the molecule is CC1CN(c2ncccc2C(=O)NS(=O)(=O)c2cccc(Oc3cccc(C(F)(F)F)c3)n2)C(C)(C)C1. The molecule has 1 amide bonds. The second-order valence-corrected chi connectivity index (χ2v) is 11.1. The fourth-order valence-electron chi connectivity index (χ4n) is 4.44. The Hall–Kier alpha value is -3.67. The molecule has 2 aromatic heterocycles. The van der Waals surface area contributed by atoms with Crippen molar-refractivity contribution in [2.75, 3.05) is 11.4 Å². The molecule has 1 aromatic carbocycles. The van der Waals surface area contributed by atoms with Gasteiger partial charge in [-0.1, -0.05) is 19.1 Å². The smallest absolute Gasteiger partial charge is 0.416 e. The molecule has 1 unspecified atom stereocenters. The van der Waals surface area contributed by atoms with Crippen LogP contribution in [-0.2, 0) is 16.2 Å². The molecule has 1 atom stereocenters. The van der Waals surface area contributed by atoms with Crippen molar-refractivity contribution < 1.29 is 31.1 Å². The minimum absolute atomic E-state index is 0.0876. The Balaban J connectivity index is 1.56. The summed E-state index contributed by atoms with van der Waals surface area (Å²) in [6.07, 6.45) is -2.16. The molecule has 0 aliphatic carbocycles. The third kappa shape index (κ3) is 5.85. The Bertz CT molecular complexity index is 1430. The molecule has 0 bridgehead atoms. The monoisotopic (exact) mass is 534 g/mol. The van der Waals surface area contributed by atoms with Crippen molar-refractivity contribution in [1.82, 2.24) is 14.7 Å². The normalized spacial score (nSPS) is 17.5. The van der Waals surface area contributed by atoms with Gasteiger partial charge in [-0.15, -0.1) is 0 Å². The molecule has 3 aromatic rings. The van der Waals surface area contributed by atoms with E-state index in [-0.39, 0.29) is 22.7 Å². The third-order valence-electron chi connectivity index (χ3n) is 5.94. The average Bonchev–Trinajstić information content (AvgIpc) is 3.10. The lowest BCUT2D eigenvalue weighted by Gasteiger charge is -2.33. The molecule has 1 aliphatic heterocycles. The molecule has 0 saturated carbocycles. The second kappa shape index (κ2) is 9.66. The molecule has 0 spiro atoms. The fourth-order valence-corrected chi connectivity index (χ4v) is 5.36. The topological polar surface area (TPSA) is 101 Å². The summed E-state index contributed by atoms with van der Waals surface area (Å²) in [4.78, 5) is 23.3. The number of hydrogen-bond acceptors (Lipinski definition) is 7. The quantitative estimate of drug-likeness (QED) is 0.473. The van der Waals surface area contributed by atoms with Crippen LogP contribution in [0, 0.1) is 5.92 Å². The molecular formula is C25H25F3N4O4S. The third-order valence-corrected chi connectivity index (χ3v) is 7.18. The molecule has 196 valence electrons. The second-order valence-electron chi connectivity index (χ2n) is 9.48. The summed E-state index contributed by atoms with van der Waals surface area (Å²) in [7, 11) is -4.45. The highest BCUT2D eigenvalue weighted by Gasteiger charge is 2.39. The van der Waals surface area contributed by atoms with Crippen molar-refractivity contribution in [3.63, 3.8) is 0 Å². The fraction of sp³-hybridized carbons (Fsp3) is 0.320. The number of nitrogens with zero attached hydrogens (tertiary/aromatic N) is 3. The standard InChI is InChI=1S/C25H25F3N4O4S/c1-16-14-24(2,3)32(15-16)22-19(9-6-12-29-22)23(33)31-37(34,35)21-11-5-10-20(30-21)36-18-8-4-7-17(13-18)25(26,27)28/h4-13,16H,14-15H2,1-3H3,(H,31,33). The van der Waals surface area contributed by atoms with E-state index in [4.69, 9.17) is 4.74 Å². The van der Waals surface area contributed by atoms with Gasteiger partial charge in [0.25, 0.3) is 15.9 Å². The Morgan fingerprint density at radius 2 is 1.86 bits per heavy atom. The Morgan fingerprint density at radius 1 is 1.14 bits per heavy atom. The lowest BCUT2D eigenvalue weighted by molar-refractivity contribution is -0.137. The highest BCUT2D eigenvalue weighted by Crippen LogP contribution is 2.37. The highest BCUT2D eigenvalue weighted by molar-refractivity contribution is 7.90. The van der Waals surface area contributed by atoms with Crippen LogP contribution in [0.25, 0.3) is 0 Å². The van der Waals surface area contributed by atoms with E-state index in [1.807, 2.05) is 23.5 Å². The van der Waals surface area contributed by atoms with E-state index in [0.717, 1.165) is 30.7 Å². The number of hydrogen-bond donors (Lipinski definition) is 1. The number of ether oxygens (including phenoxy) is 1. The Kier molecular flexibility index (Phi) is 6.89. The minimum Gasteiger partial charge on any atom is -0.439 e. The van der Waals surface area contributed by atoms with Crippen LogP contribution in [0.15, 0.2) is 65.8 Å². The predicted octanol–water partition coefficient (Wildman–Crippen LogP) is 5.03. The largest absolute Gasteiger partial charge is 0.439 e. The number of aromatic nitrogens is 2. The van der Waals surface area contributed by atoms with Crippen molar-refractivity contribution in [3.8, 4) is 11.6 Å². The van der Waals surface area contributed by atoms with Gasteiger partial charge in [-0.05, 0) is 62.6 Å². The van der Waals surface area contributed by atoms with Crippen LogP contribution < -0.4 is 14.4 Å². The Labute approximate surface area is 212 Å². The molecule has 12 heteroatoms. The lowest BCUT2D eigenvalue weighted by Crippen LogP contribution is -2.41. The first-order chi connectivity index (χ1) is 17.3. The van der Waals surface area contributed by atoms with Gasteiger partial charge in [-0.25, -0.2) is 9.71 Å². The zero-order valence-electron chi connectivity index (χ0n) is 20.3. The van der Waals surface area contributed by atoms with Crippen molar-refractivity contribution in [1.29, 1.82) is 0 Å². The first-order valence-electron chi connectivity index (χ1n) is 11.4. The average molecular weight is 535 g/mol. The summed E-state index contributed by atoms with van der Waals surface area (Å²) in [6.45, 7) is 6.81. The zero-order valence-corrected chi connectivity index (χ0v) is 21.1. The highest BCUT2D eigenvalue weighted by atomic mass is 32.2. The van der Waals surface area contributed by atoms with E-state index < -0.39 is 32.7 Å². The molecule has 3 heterocycles. The number of nitrogens with one attached hydrogen (secondary N) is 1. The van der Waals surface area contributed by atoms with Crippen molar-refractivity contribution >= 4 is 21.7 Å². The number of halogens is 3. The molecule has 1 aliphatic rings. The Morgan fingerprint density at radius 3 is 2.54 bits per heavy atom. The summed E-state index contributed by atoms with van der Waals surface area (Å²) in [5.41, 5.74) is -1.12. The summed E-state index contributed by atoms with van der Waals surface area (Å²) < 4.78 is 72.3. The molecule has 8 nitrogen and oxygen atoms in total. The molecule has 0 radical (unpaired) electrons. The number of alkyl halides is 3. The number of benzene rings is 1. The van der Waals surface area contributed by atoms with Gasteiger partial charge < -0.3 is 9.64 Å². The van der Waals surface area contributed by atoms with Crippen molar-refractivity contribution in [2.45, 2.75) is 43.9 Å². The molecule has 37 heavy (non-hydrogen) atoms. The molecule has 4 rings (SSSR count). The van der Waals surface area contributed by atoms with Gasteiger partial charge in [-0.3, -0.25) is 4.79 Å². The van der Waals surface area contributed by atoms with Gasteiger partial charge >= 0.3 is 6.18 Å². The maximum atomic E-state index is 13.1. The van der Waals surface area contributed by atoms with Gasteiger partial charge in [0.05, 0.1) is 11.1 Å². The van der Waals surface area contributed by atoms with E-state index in [9.17, 15) is 26.4 Å². The van der Waals surface area contributed by atoms with Gasteiger partial charge in [-0.2, -0.15) is 26.6 Å². The molecule has 1 N–H and O–H groups in total. The van der Waals surface area contributed by atoms with E-state index in [1.54, 1.807) is 6.07 Å². The minimum atomic E-state index is -4.57. The van der Waals surface area contributed by atoms with E-state index in [0.29, 0.717) is 18.3 Å². The van der Waals surface area contributed by atoms with Crippen LogP contribution in [0.2, 0.25) is 0 Å². The summed E-state index contributed by atoms with van der Waals surface area (Å²) >= 11 is 0. The van der Waals surface area contributed by atoms with Crippen LogP contribution in [-0.4, -0.2) is 36.4 Å². The molecule has 1 fully saturated rings. The molecular weight excluding hydrogens is 509 g/mol. The van der Waals surface area contributed by atoms with Crippen LogP contribution in [0.4, 0.5) is 19.0 Å². The maximum Gasteiger partial charge on any atom is 0.416 e. The van der Waals surface area contributed by atoms with Crippen molar-refractivity contribution in [3.05, 3.63) is 71.9 Å². The number of pyridine rings is 2. The number of carbonyl (C=O) groups is 1. The summed E-state index contributed by atoms with van der Waals surface area (Å²) in [6, 6.07) is 10.9. The van der Waals surface area contributed by atoms with Crippen LogP contribution in [0.1, 0.15) is 43.1 Å². The first kappa shape index (κ1) is 26.4. The van der Waals surface area contributed by atoms with Crippen molar-refractivity contribution in [2.24, 2.45) is 5.92 Å². The van der Waals surface area contributed by atoms with Gasteiger partial charge in [0.2, 0.25) is 5.88 Å². The first-order valence-corrected chi connectivity index (χ1v) is 12.9. The van der Waals surface area contributed by atoms with Crippen LogP contribution in [0.3, 0.4) is 0 Å². The van der Waals surface area contributed by atoms with Gasteiger partial charge in [0.15, 0.2) is 5.03 Å². The number of anilines is 1. The van der Waals surface area contributed by atoms with E-state index in [1.165, 1.54) is 30.5 Å². The summed E-state index contributed by atoms with van der Waals surface area (Å²) in [5, 5.41) is -0.536.